The summed E-state index contributed by atoms with van der Waals surface area (Å²) in [7, 11) is 1.34. The molecule has 0 heterocycles. The fourth-order valence-electron chi connectivity index (χ4n) is 1.41. The largest absolute Gasteiger partial charge is 0.465 e. The van der Waals surface area contributed by atoms with Crippen LogP contribution in [-0.4, -0.2) is 25.5 Å². The molecule has 0 atom stereocenters. The van der Waals surface area contributed by atoms with Crippen molar-refractivity contribution in [1.82, 2.24) is 5.32 Å². The van der Waals surface area contributed by atoms with E-state index in [0.717, 1.165) is 11.1 Å². The molecule has 18 heavy (non-hydrogen) atoms. The zero-order chi connectivity index (χ0) is 13.5. The van der Waals surface area contributed by atoms with Crippen LogP contribution in [0.3, 0.4) is 0 Å². The molecule has 0 saturated heterocycles. The van der Waals surface area contributed by atoms with Gasteiger partial charge in [-0.15, -0.1) is 0 Å². The van der Waals surface area contributed by atoms with Gasteiger partial charge < -0.3 is 10.1 Å². The second kappa shape index (κ2) is 6.45. The number of benzene rings is 1. The van der Waals surface area contributed by atoms with Crippen LogP contribution < -0.4 is 5.32 Å². The van der Waals surface area contributed by atoms with Crippen LogP contribution in [0.5, 0.6) is 0 Å². The highest BCUT2D eigenvalue weighted by Gasteiger charge is 2.10. The highest BCUT2D eigenvalue weighted by Crippen LogP contribution is 2.13. The molecule has 0 aliphatic carbocycles. The van der Waals surface area contributed by atoms with Crippen LogP contribution in [0.25, 0.3) is 0 Å². The molecule has 0 unspecified atom stereocenters. The molecule has 0 spiro atoms. The lowest BCUT2D eigenvalue weighted by atomic mass is 10.0. The Morgan fingerprint density at radius 3 is 2.72 bits per heavy atom. The number of methoxy groups -OCH3 is 1. The summed E-state index contributed by atoms with van der Waals surface area (Å²) >= 11 is 0. The van der Waals surface area contributed by atoms with Gasteiger partial charge in [0.2, 0.25) is 5.91 Å². The van der Waals surface area contributed by atoms with Gasteiger partial charge in [-0.2, -0.15) is 0 Å². The Labute approximate surface area is 106 Å². The Hall–Kier alpha value is -2.28. The summed E-state index contributed by atoms with van der Waals surface area (Å²) in [6.07, 6.45) is 0. The van der Waals surface area contributed by atoms with Crippen molar-refractivity contribution in [3.8, 4) is 11.8 Å². The van der Waals surface area contributed by atoms with E-state index < -0.39 is 0 Å². The highest BCUT2D eigenvalue weighted by atomic mass is 16.5. The predicted octanol–water partition coefficient (Wildman–Crippen LogP) is 1.27. The lowest BCUT2D eigenvalue weighted by Crippen LogP contribution is -2.19. The van der Waals surface area contributed by atoms with Gasteiger partial charge in [0.05, 0.1) is 19.2 Å². The van der Waals surface area contributed by atoms with Crippen LogP contribution in [0.1, 0.15) is 28.4 Å². The average molecular weight is 245 g/mol. The van der Waals surface area contributed by atoms with E-state index in [-0.39, 0.29) is 18.4 Å². The Morgan fingerprint density at radius 1 is 1.39 bits per heavy atom. The first kappa shape index (κ1) is 13.8. The van der Waals surface area contributed by atoms with Crippen LogP contribution in [0.2, 0.25) is 0 Å². The van der Waals surface area contributed by atoms with Crippen molar-refractivity contribution in [3.63, 3.8) is 0 Å². The second-order valence-electron chi connectivity index (χ2n) is 3.68. The summed E-state index contributed by atoms with van der Waals surface area (Å²) in [5.74, 6) is 5.24. The van der Waals surface area contributed by atoms with Crippen molar-refractivity contribution in [3.05, 3.63) is 34.9 Å². The molecule has 1 aromatic carbocycles. The molecule has 0 radical (unpaired) electrons. The van der Waals surface area contributed by atoms with Crippen molar-refractivity contribution in [2.45, 2.75) is 13.8 Å². The van der Waals surface area contributed by atoms with Crippen molar-refractivity contribution >= 4 is 11.9 Å². The topological polar surface area (TPSA) is 55.4 Å². The summed E-state index contributed by atoms with van der Waals surface area (Å²) in [6, 6.07) is 5.27. The third-order valence-corrected chi connectivity index (χ3v) is 2.39. The number of amides is 1. The zero-order valence-corrected chi connectivity index (χ0v) is 10.7. The monoisotopic (exact) mass is 245 g/mol. The van der Waals surface area contributed by atoms with Gasteiger partial charge in [0.1, 0.15) is 0 Å². The first-order valence-corrected chi connectivity index (χ1v) is 5.47. The van der Waals surface area contributed by atoms with Crippen LogP contribution in [0.4, 0.5) is 0 Å². The summed E-state index contributed by atoms with van der Waals surface area (Å²) in [5.41, 5.74) is 2.03. The third-order valence-electron chi connectivity index (χ3n) is 2.39. The van der Waals surface area contributed by atoms with E-state index in [1.807, 2.05) is 13.0 Å². The van der Waals surface area contributed by atoms with E-state index >= 15 is 0 Å². The molecular formula is C14H15NO3. The maximum Gasteiger partial charge on any atom is 0.338 e. The minimum atomic E-state index is -0.377. The number of carbonyl (C=O) groups excluding carboxylic acids is 2. The molecule has 1 N–H and O–H groups in total. The number of hydrogen-bond donors (Lipinski definition) is 1. The minimum Gasteiger partial charge on any atom is -0.465 e. The Bertz CT molecular complexity index is 524. The average Bonchev–Trinajstić information content (AvgIpc) is 2.35. The lowest BCUT2D eigenvalue weighted by Gasteiger charge is -2.05. The molecule has 0 aromatic heterocycles. The maximum atomic E-state index is 11.5. The van der Waals surface area contributed by atoms with Gasteiger partial charge in [0.25, 0.3) is 0 Å². The van der Waals surface area contributed by atoms with Gasteiger partial charge >= 0.3 is 5.97 Å². The Morgan fingerprint density at radius 2 is 2.11 bits per heavy atom. The van der Waals surface area contributed by atoms with Crippen molar-refractivity contribution < 1.29 is 14.3 Å². The first-order chi connectivity index (χ1) is 8.56. The molecule has 0 fully saturated rings. The van der Waals surface area contributed by atoms with E-state index in [4.69, 9.17) is 0 Å². The first-order valence-electron chi connectivity index (χ1n) is 5.47. The molecule has 0 bridgehead atoms. The van der Waals surface area contributed by atoms with Crippen LogP contribution in [-0.2, 0) is 9.53 Å². The Balaban J connectivity index is 2.90. The molecule has 1 rings (SSSR count). The van der Waals surface area contributed by atoms with Gasteiger partial charge in [-0.05, 0) is 24.6 Å². The molecule has 0 aliphatic heterocycles. The lowest BCUT2D eigenvalue weighted by molar-refractivity contribution is -0.118. The minimum absolute atomic E-state index is 0.121. The summed E-state index contributed by atoms with van der Waals surface area (Å²) in [4.78, 5) is 22.1. The predicted molar refractivity (Wildman–Crippen MR) is 68.1 cm³/mol. The van der Waals surface area contributed by atoms with Gasteiger partial charge in [-0.3, -0.25) is 4.79 Å². The summed E-state index contributed by atoms with van der Waals surface area (Å²) < 4.78 is 4.69. The summed E-state index contributed by atoms with van der Waals surface area (Å²) in [5, 5.41) is 2.58. The summed E-state index contributed by atoms with van der Waals surface area (Å²) in [6.45, 7) is 3.54. The molecule has 4 nitrogen and oxygen atoms in total. The molecule has 0 aliphatic rings. The Kier molecular flexibility index (Phi) is 4.94. The van der Waals surface area contributed by atoms with E-state index in [1.165, 1.54) is 14.0 Å². The van der Waals surface area contributed by atoms with Crippen LogP contribution in [0, 0.1) is 18.8 Å². The van der Waals surface area contributed by atoms with Crippen molar-refractivity contribution in [2.75, 3.05) is 13.7 Å². The number of ether oxygens (including phenoxy) is 1. The molecule has 4 heteroatoms. The highest BCUT2D eigenvalue weighted by molar-refractivity contribution is 5.91. The van der Waals surface area contributed by atoms with E-state index in [2.05, 4.69) is 21.9 Å². The van der Waals surface area contributed by atoms with Crippen molar-refractivity contribution in [2.24, 2.45) is 0 Å². The fourth-order valence-corrected chi connectivity index (χ4v) is 1.41. The molecular weight excluding hydrogens is 230 g/mol. The van der Waals surface area contributed by atoms with Gasteiger partial charge in [-0.25, -0.2) is 4.79 Å². The number of hydrogen-bond acceptors (Lipinski definition) is 3. The molecule has 1 aromatic rings. The van der Waals surface area contributed by atoms with Crippen LogP contribution in [0.15, 0.2) is 18.2 Å². The zero-order valence-electron chi connectivity index (χ0n) is 10.7. The van der Waals surface area contributed by atoms with Gasteiger partial charge in [-0.1, -0.05) is 17.9 Å². The standard InChI is InChI=1S/C14H15NO3/c1-10-12(7-5-9-15-11(2)16)6-4-8-13(10)14(17)18-3/h4,6,8H,9H2,1-3H3,(H,15,16). The SMILES string of the molecule is COC(=O)c1cccc(C#CCNC(C)=O)c1C. The molecule has 94 valence electrons. The van der Waals surface area contributed by atoms with E-state index in [1.54, 1.807) is 12.1 Å². The fraction of sp³-hybridized carbons (Fsp3) is 0.286. The quantitative estimate of drug-likeness (QED) is 0.630. The van der Waals surface area contributed by atoms with E-state index in [9.17, 15) is 9.59 Å². The van der Waals surface area contributed by atoms with Crippen LogP contribution >= 0.6 is 0 Å². The van der Waals surface area contributed by atoms with Crippen molar-refractivity contribution in [1.29, 1.82) is 0 Å². The second-order valence-corrected chi connectivity index (χ2v) is 3.68. The van der Waals surface area contributed by atoms with Gasteiger partial charge in [0, 0.05) is 12.5 Å². The molecule has 0 saturated carbocycles. The number of rotatable bonds is 2. The van der Waals surface area contributed by atoms with Gasteiger partial charge in [0.15, 0.2) is 0 Å². The number of carbonyl (C=O) groups is 2. The number of nitrogens with one attached hydrogen (secondary N) is 1. The maximum absolute atomic E-state index is 11.5. The van der Waals surface area contributed by atoms with E-state index in [0.29, 0.717) is 5.56 Å². The normalized spacial score (nSPS) is 9.06. The number of esters is 1. The third kappa shape index (κ3) is 3.63. The smallest absolute Gasteiger partial charge is 0.338 e. The molecule has 1 amide bonds.